The summed E-state index contributed by atoms with van der Waals surface area (Å²) >= 11 is 0. The normalized spacial score (nSPS) is 12.9. The number of Topliss-reactive ketones (excluding diaryl/α,β-unsaturated/α-hetero) is 1. The number of nitrogens with one attached hydrogen (secondary N) is 1. The highest BCUT2D eigenvalue weighted by Gasteiger charge is 2.41. The van der Waals surface area contributed by atoms with Gasteiger partial charge in [-0.15, -0.1) is 0 Å². The molecule has 0 saturated heterocycles. The van der Waals surface area contributed by atoms with E-state index in [-0.39, 0.29) is 18.1 Å². The molecule has 4 rings (SSSR count). The third-order valence-electron chi connectivity index (χ3n) is 4.95. The van der Waals surface area contributed by atoms with Crippen LogP contribution in [0.3, 0.4) is 0 Å². The van der Waals surface area contributed by atoms with Crippen LogP contribution in [0, 0.1) is 0 Å². The Kier molecular flexibility index (Phi) is 5.51. The van der Waals surface area contributed by atoms with Gasteiger partial charge in [0.2, 0.25) is 5.60 Å². The molecule has 0 fully saturated rings. The van der Waals surface area contributed by atoms with Crippen molar-refractivity contribution in [3.63, 3.8) is 0 Å². The van der Waals surface area contributed by atoms with Gasteiger partial charge in [0.1, 0.15) is 5.75 Å². The quantitative estimate of drug-likeness (QED) is 0.472. The number of ether oxygens (including phenoxy) is 2. The summed E-state index contributed by atoms with van der Waals surface area (Å²) in [5, 5.41) is 14.0. The Morgan fingerprint density at radius 2 is 1.58 bits per heavy atom. The summed E-state index contributed by atoms with van der Waals surface area (Å²) in [5.41, 5.74) is -0.807. The van der Waals surface area contributed by atoms with Crippen LogP contribution in [0.4, 0.5) is 5.69 Å². The van der Waals surface area contributed by atoms with Crippen LogP contribution >= 0.6 is 0 Å². The van der Waals surface area contributed by atoms with Gasteiger partial charge >= 0.3 is 5.97 Å². The molecule has 0 bridgehead atoms. The first-order valence-electron chi connectivity index (χ1n) is 9.59. The molecule has 0 saturated carbocycles. The Morgan fingerprint density at radius 1 is 0.968 bits per heavy atom. The summed E-state index contributed by atoms with van der Waals surface area (Å²) in [4.78, 5) is 37.1. The number of carbonyl (C=O) groups excluding carboxylic acids is 3. The number of carbonyl (C=O) groups is 3. The molecular formula is C24H19NO6. The predicted octanol–water partition coefficient (Wildman–Crippen LogP) is 2.68. The Hall–Kier alpha value is -3.97. The van der Waals surface area contributed by atoms with Crippen molar-refractivity contribution in [1.82, 2.24) is 0 Å². The van der Waals surface area contributed by atoms with E-state index in [0.717, 1.165) is 0 Å². The molecule has 1 amide bonds. The summed E-state index contributed by atoms with van der Waals surface area (Å²) in [5.74, 6) is -1.32. The molecule has 0 spiro atoms. The SMILES string of the molecule is O=C1COc2ccc(C(=O)COC(=O)C(O)(c3ccccc3)c3ccccc3)cc2N1. The third kappa shape index (κ3) is 4.04. The molecule has 7 nitrogen and oxygen atoms in total. The molecule has 2 N–H and O–H groups in total. The predicted molar refractivity (Wildman–Crippen MR) is 112 cm³/mol. The minimum absolute atomic E-state index is 0.0878. The summed E-state index contributed by atoms with van der Waals surface area (Å²) in [6.45, 7) is -0.663. The summed E-state index contributed by atoms with van der Waals surface area (Å²) in [7, 11) is 0. The van der Waals surface area contributed by atoms with Gasteiger partial charge in [-0.1, -0.05) is 60.7 Å². The number of hydrogen-bond acceptors (Lipinski definition) is 6. The number of esters is 1. The molecule has 31 heavy (non-hydrogen) atoms. The minimum Gasteiger partial charge on any atom is -0.482 e. The fraction of sp³-hybridized carbons (Fsp3) is 0.125. The molecule has 0 aliphatic carbocycles. The van der Waals surface area contributed by atoms with E-state index in [2.05, 4.69) is 5.32 Å². The summed E-state index contributed by atoms with van der Waals surface area (Å²) < 4.78 is 10.5. The number of hydrogen-bond donors (Lipinski definition) is 2. The fourth-order valence-corrected chi connectivity index (χ4v) is 3.34. The van der Waals surface area contributed by atoms with E-state index in [4.69, 9.17) is 9.47 Å². The maximum absolute atomic E-state index is 13.0. The minimum atomic E-state index is -2.07. The smallest absolute Gasteiger partial charge is 0.348 e. The standard InChI is InChI=1S/C24H19NO6/c26-20(16-11-12-21-19(13-16)25-22(27)15-30-21)14-31-23(28)24(29,17-7-3-1-4-8-17)18-9-5-2-6-10-18/h1-13,29H,14-15H2,(H,25,27). The maximum Gasteiger partial charge on any atom is 0.348 e. The van der Waals surface area contributed by atoms with Gasteiger partial charge in [-0.05, 0) is 29.3 Å². The number of benzene rings is 3. The summed E-state index contributed by atoms with van der Waals surface area (Å²) in [6, 6.07) is 21.3. The van der Waals surface area contributed by atoms with E-state index in [1.54, 1.807) is 66.7 Å². The van der Waals surface area contributed by atoms with Crippen molar-refractivity contribution in [2.75, 3.05) is 18.5 Å². The second kappa shape index (κ2) is 8.41. The lowest BCUT2D eigenvalue weighted by atomic mass is 9.86. The van der Waals surface area contributed by atoms with Crippen molar-refractivity contribution in [2.45, 2.75) is 5.60 Å². The molecule has 0 atom stereocenters. The van der Waals surface area contributed by atoms with Gasteiger partial charge in [-0.25, -0.2) is 4.79 Å². The van der Waals surface area contributed by atoms with Gasteiger partial charge in [0.25, 0.3) is 5.91 Å². The van der Waals surface area contributed by atoms with Crippen molar-refractivity contribution < 1.29 is 29.0 Å². The van der Waals surface area contributed by atoms with Gasteiger partial charge in [-0.2, -0.15) is 0 Å². The van der Waals surface area contributed by atoms with Crippen LogP contribution in [0.15, 0.2) is 78.9 Å². The Morgan fingerprint density at radius 3 is 2.19 bits per heavy atom. The van der Waals surface area contributed by atoms with Crippen molar-refractivity contribution >= 4 is 23.3 Å². The van der Waals surface area contributed by atoms with Gasteiger partial charge in [0.15, 0.2) is 19.0 Å². The molecule has 3 aromatic carbocycles. The van der Waals surface area contributed by atoms with E-state index >= 15 is 0 Å². The second-order valence-corrected chi connectivity index (χ2v) is 6.99. The van der Waals surface area contributed by atoms with E-state index < -0.39 is 24.0 Å². The van der Waals surface area contributed by atoms with Crippen molar-refractivity contribution in [2.24, 2.45) is 0 Å². The topological polar surface area (TPSA) is 102 Å². The van der Waals surface area contributed by atoms with Crippen LogP contribution < -0.4 is 10.1 Å². The molecular weight excluding hydrogens is 398 g/mol. The average Bonchev–Trinajstić information content (AvgIpc) is 2.82. The van der Waals surface area contributed by atoms with Crippen LogP contribution in [0.2, 0.25) is 0 Å². The average molecular weight is 417 g/mol. The Balaban J connectivity index is 1.54. The highest BCUT2D eigenvalue weighted by atomic mass is 16.6. The Labute approximate surface area is 178 Å². The number of rotatable bonds is 6. The van der Waals surface area contributed by atoms with E-state index in [0.29, 0.717) is 22.6 Å². The molecule has 1 aliphatic heterocycles. The maximum atomic E-state index is 13.0. The fourth-order valence-electron chi connectivity index (χ4n) is 3.34. The zero-order valence-electron chi connectivity index (χ0n) is 16.4. The zero-order chi connectivity index (χ0) is 21.8. The lowest BCUT2D eigenvalue weighted by molar-refractivity contribution is -0.160. The van der Waals surface area contributed by atoms with Crippen LogP contribution in [-0.2, 0) is 19.9 Å². The largest absolute Gasteiger partial charge is 0.482 e. The van der Waals surface area contributed by atoms with Crippen molar-refractivity contribution in [3.8, 4) is 5.75 Å². The monoisotopic (exact) mass is 417 g/mol. The first-order valence-corrected chi connectivity index (χ1v) is 9.59. The molecule has 0 radical (unpaired) electrons. The number of amides is 1. The molecule has 1 heterocycles. The first kappa shape index (κ1) is 20.3. The molecule has 7 heteroatoms. The summed E-state index contributed by atoms with van der Waals surface area (Å²) in [6.07, 6.45) is 0. The van der Waals surface area contributed by atoms with Gasteiger partial charge in [0, 0.05) is 5.56 Å². The van der Waals surface area contributed by atoms with Gasteiger partial charge in [-0.3, -0.25) is 9.59 Å². The lowest BCUT2D eigenvalue weighted by Gasteiger charge is -2.27. The Bertz CT molecular complexity index is 1090. The zero-order valence-corrected chi connectivity index (χ0v) is 16.4. The van der Waals surface area contributed by atoms with E-state index in [9.17, 15) is 19.5 Å². The number of ketones is 1. The second-order valence-electron chi connectivity index (χ2n) is 6.99. The number of fused-ring (bicyclic) bond motifs is 1. The molecule has 0 unspecified atom stereocenters. The molecule has 3 aromatic rings. The molecule has 0 aromatic heterocycles. The van der Waals surface area contributed by atoms with Crippen molar-refractivity contribution in [3.05, 3.63) is 95.6 Å². The molecule has 156 valence electrons. The number of anilines is 1. The van der Waals surface area contributed by atoms with E-state index in [1.165, 1.54) is 12.1 Å². The van der Waals surface area contributed by atoms with Gasteiger partial charge < -0.3 is 19.9 Å². The lowest BCUT2D eigenvalue weighted by Crippen LogP contribution is -2.39. The highest BCUT2D eigenvalue weighted by Crippen LogP contribution is 2.32. The van der Waals surface area contributed by atoms with Crippen molar-refractivity contribution in [1.29, 1.82) is 0 Å². The van der Waals surface area contributed by atoms with E-state index in [1.807, 2.05) is 0 Å². The number of aliphatic hydroxyl groups is 1. The first-order chi connectivity index (χ1) is 15.0. The molecule has 1 aliphatic rings. The highest BCUT2D eigenvalue weighted by molar-refractivity contribution is 6.02. The van der Waals surface area contributed by atoms with Crippen LogP contribution in [0.1, 0.15) is 21.5 Å². The van der Waals surface area contributed by atoms with Crippen LogP contribution in [0.5, 0.6) is 5.75 Å². The van der Waals surface area contributed by atoms with Crippen LogP contribution in [0.25, 0.3) is 0 Å². The van der Waals surface area contributed by atoms with Crippen LogP contribution in [-0.4, -0.2) is 36.0 Å². The van der Waals surface area contributed by atoms with Gasteiger partial charge in [0.05, 0.1) is 5.69 Å². The third-order valence-corrected chi connectivity index (χ3v) is 4.95.